The molecule has 0 radical (unpaired) electrons. The van der Waals surface area contributed by atoms with E-state index in [2.05, 4.69) is 25.5 Å². The van der Waals surface area contributed by atoms with Gasteiger partial charge < -0.3 is 14.6 Å². The van der Waals surface area contributed by atoms with Gasteiger partial charge in [-0.25, -0.2) is 9.67 Å². The van der Waals surface area contributed by atoms with E-state index in [1.807, 2.05) is 28.9 Å². The predicted molar refractivity (Wildman–Crippen MR) is 85.3 cm³/mol. The van der Waals surface area contributed by atoms with Crippen LogP contribution in [0.4, 0.5) is 0 Å². The zero-order chi connectivity index (χ0) is 16.4. The molecule has 1 aromatic carbocycles. The first kappa shape index (κ1) is 14.8. The summed E-state index contributed by atoms with van der Waals surface area (Å²) in [6, 6.07) is 7.88. The minimum atomic E-state index is 0.335. The number of nitrogens with one attached hydrogen (secondary N) is 1. The first-order valence-electron chi connectivity index (χ1n) is 7.89. The van der Waals surface area contributed by atoms with E-state index in [9.17, 15) is 0 Å². The lowest BCUT2D eigenvalue weighted by Crippen LogP contribution is -2.37. The minimum Gasteiger partial charge on any atom is -0.497 e. The van der Waals surface area contributed by atoms with E-state index >= 15 is 0 Å². The summed E-state index contributed by atoms with van der Waals surface area (Å²) in [6.07, 6.45) is 3.57. The summed E-state index contributed by atoms with van der Waals surface area (Å²) >= 11 is 0. The van der Waals surface area contributed by atoms with E-state index in [0.717, 1.165) is 36.5 Å². The van der Waals surface area contributed by atoms with Gasteiger partial charge in [-0.15, -0.1) is 0 Å². The van der Waals surface area contributed by atoms with Crippen molar-refractivity contribution < 1.29 is 9.26 Å². The van der Waals surface area contributed by atoms with Gasteiger partial charge >= 0.3 is 0 Å². The fourth-order valence-electron chi connectivity index (χ4n) is 2.82. The third kappa shape index (κ3) is 3.00. The standard InChI is InChI=1S/C16H18N6O2/c1-23-13-5-2-11(3-6-13)16-20-14(21-24-16)8-17-12-4-7-15-18-10-19-22(15)9-12/h2-3,5-6,10,12,17H,4,7-9H2,1H3/t12-/m1/s1. The molecule has 1 N–H and O–H groups in total. The van der Waals surface area contributed by atoms with Crippen LogP contribution in [0.5, 0.6) is 5.75 Å². The maximum Gasteiger partial charge on any atom is 0.257 e. The number of rotatable bonds is 5. The zero-order valence-corrected chi connectivity index (χ0v) is 13.3. The van der Waals surface area contributed by atoms with Gasteiger partial charge in [-0.1, -0.05) is 5.16 Å². The molecule has 124 valence electrons. The number of hydrogen-bond acceptors (Lipinski definition) is 7. The van der Waals surface area contributed by atoms with Gasteiger partial charge in [0.25, 0.3) is 5.89 Å². The van der Waals surface area contributed by atoms with Crippen LogP contribution in [-0.2, 0) is 19.5 Å². The van der Waals surface area contributed by atoms with Gasteiger partial charge in [-0.3, -0.25) is 0 Å². The molecule has 8 heteroatoms. The van der Waals surface area contributed by atoms with Crippen molar-refractivity contribution in [3.8, 4) is 17.2 Å². The SMILES string of the molecule is COc1ccc(-c2nc(CN[C@@H]3CCc4ncnn4C3)no2)cc1. The van der Waals surface area contributed by atoms with Crippen LogP contribution in [0, 0.1) is 0 Å². The first-order chi connectivity index (χ1) is 11.8. The molecule has 0 saturated carbocycles. The van der Waals surface area contributed by atoms with Gasteiger partial charge in [-0.2, -0.15) is 10.1 Å². The van der Waals surface area contributed by atoms with Crippen molar-refractivity contribution in [3.63, 3.8) is 0 Å². The highest BCUT2D eigenvalue weighted by molar-refractivity contribution is 5.54. The second-order valence-electron chi connectivity index (χ2n) is 5.72. The molecule has 0 spiro atoms. The molecule has 3 aromatic rings. The van der Waals surface area contributed by atoms with Crippen molar-refractivity contribution in [2.75, 3.05) is 7.11 Å². The number of hydrogen-bond donors (Lipinski definition) is 1. The minimum absolute atomic E-state index is 0.335. The van der Waals surface area contributed by atoms with Crippen LogP contribution in [0.25, 0.3) is 11.5 Å². The van der Waals surface area contributed by atoms with Gasteiger partial charge in [0.05, 0.1) is 20.2 Å². The lowest BCUT2D eigenvalue weighted by Gasteiger charge is -2.22. The van der Waals surface area contributed by atoms with E-state index in [1.54, 1.807) is 13.4 Å². The van der Waals surface area contributed by atoms with E-state index in [4.69, 9.17) is 9.26 Å². The van der Waals surface area contributed by atoms with Crippen LogP contribution in [0.15, 0.2) is 35.1 Å². The maximum atomic E-state index is 5.34. The lowest BCUT2D eigenvalue weighted by molar-refractivity contribution is 0.350. The molecule has 1 aliphatic heterocycles. The second-order valence-corrected chi connectivity index (χ2v) is 5.72. The van der Waals surface area contributed by atoms with Crippen LogP contribution < -0.4 is 10.1 Å². The molecule has 24 heavy (non-hydrogen) atoms. The normalized spacial score (nSPS) is 16.8. The number of ether oxygens (including phenoxy) is 1. The van der Waals surface area contributed by atoms with Crippen molar-refractivity contribution in [1.82, 2.24) is 30.2 Å². The third-order valence-corrected chi connectivity index (χ3v) is 4.16. The summed E-state index contributed by atoms with van der Waals surface area (Å²) in [4.78, 5) is 8.67. The Morgan fingerprint density at radius 1 is 1.33 bits per heavy atom. The zero-order valence-electron chi connectivity index (χ0n) is 13.3. The van der Waals surface area contributed by atoms with E-state index < -0.39 is 0 Å². The van der Waals surface area contributed by atoms with Crippen LogP contribution in [0.2, 0.25) is 0 Å². The topological polar surface area (TPSA) is 90.9 Å². The molecule has 1 atom stereocenters. The average molecular weight is 326 g/mol. The summed E-state index contributed by atoms with van der Waals surface area (Å²) in [5, 5.41) is 11.7. The maximum absolute atomic E-state index is 5.34. The molecule has 0 aliphatic carbocycles. The van der Waals surface area contributed by atoms with Gasteiger partial charge in [0.1, 0.15) is 17.9 Å². The predicted octanol–water partition coefficient (Wildman–Crippen LogP) is 1.44. The molecule has 0 bridgehead atoms. The van der Waals surface area contributed by atoms with E-state index in [0.29, 0.717) is 24.3 Å². The second kappa shape index (κ2) is 6.40. The Labute approximate surface area is 138 Å². The Bertz CT molecular complexity index is 810. The summed E-state index contributed by atoms with van der Waals surface area (Å²) in [6.45, 7) is 1.38. The molecule has 0 fully saturated rings. The molecular formula is C16H18N6O2. The van der Waals surface area contributed by atoms with Crippen molar-refractivity contribution in [3.05, 3.63) is 42.2 Å². The number of aromatic nitrogens is 5. The number of methoxy groups -OCH3 is 1. The van der Waals surface area contributed by atoms with Crippen molar-refractivity contribution in [2.45, 2.75) is 32.0 Å². The first-order valence-corrected chi connectivity index (χ1v) is 7.89. The van der Waals surface area contributed by atoms with Crippen molar-refractivity contribution >= 4 is 0 Å². The molecule has 0 saturated heterocycles. The molecule has 0 unspecified atom stereocenters. The van der Waals surface area contributed by atoms with Gasteiger partial charge in [0.15, 0.2) is 5.82 Å². The van der Waals surface area contributed by atoms with Crippen molar-refractivity contribution in [1.29, 1.82) is 0 Å². The van der Waals surface area contributed by atoms with Crippen molar-refractivity contribution in [2.24, 2.45) is 0 Å². The molecule has 8 nitrogen and oxygen atoms in total. The highest BCUT2D eigenvalue weighted by Gasteiger charge is 2.20. The number of benzene rings is 1. The summed E-state index contributed by atoms with van der Waals surface area (Å²) in [5.74, 6) is 3.00. The molecule has 2 aromatic heterocycles. The molecular weight excluding hydrogens is 308 g/mol. The van der Waals surface area contributed by atoms with Crippen LogP contribution >= 0.6 is 0 Å². The smallest absolute Gasteiger partial charge is 0.257 e. The Morgan fingerprint density at radius 2 is 2.21 bits per heavy atom. The Hall–Kier alpha value is -2.74. The number of nitrogens with zero attached hydrogens (tertiary/aromatic N) is 5. The van der Waals surface area contributed by atoms with E-state index in [1.165, 1.54) is 0 Å². The average Bonchev–Trinajstić information content (AvgIpc) is 3.29. The quantitative estimate of drug-likeness (QED) is 0.758. The van der Waals surface area contributed by atoms with E-state index in [-0.39, 0.29) is 0 Å². The number of aryl methyl sites for hydroxylation is 1. The highest BCUT2D eigenvalue weighted by Crippen LogP contribution is 2.20. The number of fused-ring (bicyclic) bond motifs is 1. The lowest BCUT2D eigenvalue weighted by atomic mass is 10.1. The fourth-order valence-corrected chi connectivity index (χ4v) is 2.82. The van der Waals surface area contributed by atoms with Gasteiger partial charge in [0.2, 0.25) is 0 Å². The molecule has 1 aliphatic rings. The summed E-state index contributed by atoms with van der Waals surface area (Å²) < 4.78 is 12.4. The fraction of sp³-hybridized carbons (Fsp3) is 0.375. The molecule has 0 amide bonds. The summed E-state index contributed by atoms with van der Waals surface area (Å²) in [5.41, 5.74) is 0.875. The monoisotopic (exact) mass is 326 g/mol. The van der Waals surface area contributed by atoms with Crippen LogP contribution in [0.3, 0.4) is 0 Å². The highest BCUT2D eigenvalue weighted by atomic mass is 16.5. The molecule has 3 heterocycles. The molecule has 4 rings (SSSR count). The largest absolute Gasteiger partial charge is 0.497 e. The summed E-state index contributed by atoms with van der Waals surface area (Å²) in [7, 11) is 1.64. The van der Waals surface area contributed by atoms with Gasteiger partial charge in [0, 0.05) is 18.0 Å². The third-order valence-electron chi connectivity index (χ3n) is 4.16. The Balaban J connectivity index is 1.37. The van der Waals surface area contributed by atoms with Crippen LogP contribution in [0.1, 0.15) is 18.1 Å². The Kier molecular flexibility index (Phi) is 3.96. The van der Waals surface area contributed by atoms with Crippen LogP contribution in [-0.4, -0.2) is 38.1 Å². The van der Waals surface area contributed by atoms with Gasteiger partial charge in [-0.05, 0) is 30.7 Å². The Morgan fingerprint density at radius 3 is 3.04 bits per heavy atom.